The number of rotatable bonds is 8. The summed E-state index contributed by atoms with van der Waals surface area (Å²) in [7, 11) is 0. The van der Waals surface area contributed by atoms with Crippen LogP contribution >= 0.6 is 0 Å². The zero-order valence-corrected chi connectivity index (χ0v) is 10.4. The van der Waals surface area contributed by atoms with Gasteiger partial charge in [0.1, 0.15) is 0 Å². The predicted molar refractivity (Wildman–Crippen MR) is 68.3 cm³/mol. The third-order valence-corrected chi connectivity index (χ3v) is 2.98. The van der Waals surface area contributed by atoms with Crippen molar-refractivity contribution in [1.29, 1.82) is 0 Å². The second-order valence-corrected chi connectivity index (χ2v) is 4.37. The molecule has 90 valence electrons. The van der Waals surface area contributed by atoms with Gasteiger partial charge < -0.3 is 5.32 Å². The normalized spacial score (nSPS) is 14.6. The molecular weight excluding hydrogens is 198 g/mol. The molecule has 16 heavy (non-hydrogen) atoms. The number of hydrogen-bond donors (Lipinski definition) is 1. The molecule has 1 heterocycles. The Bertz CT molecular complexity index is 279. The highest BCUT2D eigenvalue weighted by Crippen LogP contribution is 2.07. The molecule has 1 aromatic heterocycles. The van der Waals surface area contributed by atoms with Gasteiger partial charge in [-0.2, -0.15) is 5.10 Å². The summed E-state index contributed by atoms with van der Waals surface area (Å²) >= 11 is 0. The number of aryl methyl sites for hydroxylation is 1. The number of hydrogen-bond acceptors (Lipinski definition) is 2. The maximum Gasteiger partial charge on any atom is 0.0489 e. The van der Waals surface area contributed by atoms with Gasteiger partial charge in [-0.25, -0.2) is 0 Å². The Labute approximate surface area is 98.5 Å². The highest BCUT2D eigenvalue weighted by molar-refractivity contribution is 4.78. The van der Waals surface area contributed by atoms with E-state index in [1.54, 1.807) is 0 Å². The molecule has 0 radical (unpaired) electrons. The molecule has 0 fully saturated rings. The fraction of sp³-hybridized carbons (Fsp3) is 0.615. The van der Waals surface area contributed by atoms with Crippen LogP contribution in [0.4, 0.5) is 0 Å². The Morgan fingerprint density at radius 3 is 2.94 bits per heavy atom. The number of nitrogens with one attached hydrogen (secondary N) is 1. The van der Waals surface area contributed by atoms with Gasteiger partial charge in [0.15, 0.2) is 0 Å². The maximum atomic E-state index is 4.17. The lowest BCUT2D eigenvalue weighted by Crippen LogP contribution is -2.33. The van der Waals surface area contributed by atoms with Crippen molar-refractivity contribution >= 4 is 0 Å². The molecule has 2 unspecified atom stereocenters. The summed E-state index contributed by atoms with van der Waals surface area (Å²) in [6.45, 7) is 10.3. The zero-order valence-electron chi connectivity index (χ0n) is 10.4. The minimum Gasteiger partial charge on any atom is -0.314 e. The van der Waals surface area contributed by atoms with E-state index in [4.69, 9.17) is 0 Å². The van der Waals surface area contributed by atoms with E-state index < -0.39 is 0 Å². The van der Waals surface area contributed by atoms with E-state index in [1.165, 1.54) is 0 Å². The van der Waals surface area contributed by atoms with Crippen LogP contribution in [0.1, 0.15) is 26.7 Å². The predicted octanol–water partition coefficient (Wildman–Crippen LogP) is 2.46. The van der Waals surface area contributed by atoms with Gasteiger partial charge >= 0.3 is 0 Å². The largest absolute Gasteiger partial charge is 0.314 e. The van der Waals surface area contributed by atoms with E-state index >= 15 is 0 Å². The lowest BCUT2D eigenvalue weighted by Gasteiger charge is -2.20. The summed E-state index contributed by atoms with van der Waals surface area (Å²) in [5, 5.41) is 7.71. The first-order valence-electron chi connectivity index (χ1n) is 6.05. The molecule has 0 aliphatic rings. The third kappa shape index (κ3) is 4.62. The zero-order chi connectivity index (χ0) is 11.8. The molecule has 0 saturated carbocycles. The van der Waals surface area contributed by atoms with E-state index in [0.717, 1.165) is 25.9 Å². The molecule has 1 rings (SSSR count). The molecule has 0 saturated heterocycles. The second-order valence-electron chi connectivity index (χ2n) is 4.37. The summed E-state index contributed by atoms with van der Waals surface area (Å²) < 4.78 is 1.97. The molecule has 0 aliphatic heterocycles. The van der Waals surface area contributed by atoms with Gasteiger partial charge in [0.25, 0.3) is 0 Å². The quantitative estimate of drug-likeness (QED) is 0.540. The van der Waals surface area contributed by atoms with E-state index in [1.807, 2.05) is 29.2 Å². The smallest absolute Gasteiger partial charge is 0.0489 e. The van der Waals surface area contributed by atoms with Crippen LogP contribution in [0.2, 0.25) is 0 Å². The van der Waals surface area contributed by atoms with Crippen LogP contribution in [0.15, 0.2) is 31.1 Å². The molecule has 0 amide bonds. The molecule has 1 aromatic rings. The van der Waals surface area contributed by atoms with Crippen LogP contribution in [-0.2, 0) is 6.54 Å². The monoisotopic (exact) mass is 221 g/mol. The molecule has 0 aliphatic carbocycles. The first-order chi connectivity index (χ1) is 7.74. The first-order valence-corrected chi connectivity index (χ1v) is 6.05. The molecule has 0 aromatic carbocycles. The van der Waals surface area contributed by atoms with Gasteiger partial charge in [0.2, 0.25) is 0 Å². The average Bonchev–Trinajstić information content (AvgIpc) is 2.77. The van der Waals surface area contributed by atoms with Crippen molar-refractivity contribution in [2.24, 2.45) is 5.92 Å². The van der Waals surface area contributed by atoms with Crippen molar-refractivity contribution in [3.05, 3.63) is 31.1 Å². The Hall–Kier alpha value is -1.09. The lowest BCUT2D eigenvalue weighted by molar-refractivity contribution is 0.393. The van der Waals surface area contributed by atoms with Gasteiger partial charge in [-0.1, -0.05) is 13.0 Å². The summed E-state index contributed by atoms with van der Waals surface area (Å²) in [6, 6.07) is 2.51. The summed E-state index contributed by atoms with van der Waals surface area (Å²) in [4.78, 5) is 0. The third-order valence-electron chi connectivity index (χ3n) is 2.98. The molecule has 0 spiro atoms. The number of nitrogens with zero attached hydrogens (tertiary/aromatic N) is 2. The van der Waals surface area contributed by atoms with Crippen molar-refractivity contribution < 1.29 is 0 Å². The average molecular weight is 221 g/mol. The lowest BCUT2D eigenvalue weighted by atomic mass is 10.00. The topological polar surface area (TPSA) is 29.9 Å². The first kappa shape index (κ1) is 13.0. The van der Waals surface area contributed by atoms with Crippen molar-refractivity contribution in [2.45, 2.75) is 39.3 Å². The number of allylic oxidation sites excluding steroid dienone is 1. The molecule has 3 nitrogen and oxygen atoms in total. The highest BCUT2D eigenvalue weighted by atomic mass is 15.3. The number of aromatic nitrogens is 2. The summed E-state index contributed by atoms with van der Waals surface area (Å²) in [5.74, 6) is 0.655. The van der Waals surface area contributed by atoms with E-state index in [2.05, 4.69) is 30.8 Å². The fourth-order valence-electron chi connectivity index (χ4n) is 1.67. The molecule has 1 N–H and O–H groups in total. The van der Waals surface area contributed by atoms with Crippen molar-refractivity contribution in [3.63, 3.8) is 0 Å². The minimum absolute atomic E-state index is 0.552. The van der Waals surface area contributed by atoms with Crippen molar-refractivity contribution in [1.82, 2.24) is 15.1 Å². The Kier molecular flexibility index (Phi) is 5.86. The molecule has 0 bridgehead atoms. The van der Waals surface area contributed by atoms with E-state index in [0.29, 0.717) is 12.0 Å². The summed E-state index contributed by atoms with van der Waals surface area (Å²) in [6.07, 6.45) is 8.01. The van der Waals surface area contributed by atoms with Crippen LogP contribution in [0, 0.1) is 5.92 Å². The van der Waals surface area contributed by atoms with Gasteiger partial charge in [-0.15, -0.1) is 6.58 Å². The minimum atomic E-state index is 0.552. The maximum absolute atomic E-state index is 4.17. The second kappa shape index (κ2) is 7.23. The molecular formula is C13H23N3. The van der Waals surface area contributed by atoms with E-state index in [-0.39, 0.29) is 0 Å². The van der Waals surface area contributed by atoms with Crippen LogP contribution in [0.25, 0.3) is 0 Å². The summed E-state index contributed by atoms with van der Waals surface area (Å²) in [5.41, 5.74) is 0. The Morgan fingerprint density at radius 1 is 1.50 bits per heavy atom. The van der Waals surface area contributed by atoms with Gasteiger partial charge in [0.05, 0.1) is 0 Å². The van der Waals surface area contributed by atoms with Gasteiger partial charge in [-0.05, 0) is 38.3 Å². The standard InChI is InChI=1S/C13H23N3/c1-4-7-12(2)13(3)14-8-5-10-16-11-6-9-15-16/h4,6,9,11-14H,1,5,7-8,10H2,2-3H3. The van der Waals surface area contributed by atoms with Crippen LogP contribution in [0.3, 0.4) is 0 Å². The van der Waals surface area contributed by atoms with Gasteiger partial charge in [0, 0.05) is 25.0 Å². The van der Waals surface area contributed by atoms with Crippen molar-refractivity contribution in [2.75, 3.05) is 6.54 Å². The Morgan fingerprint density at radius 2 is 2.31 bits per heavy atom. The Balaban J connectivity index is 2.08. The van der Waals surface area contributed by atoms with Crippen LogP contribution in [0.5, 0.6) is 0 Å². The van der Waals surface area contributed by atoms with E-state index in [9.17, 15) is 0 Å². The highest BCUT2D eigenvalue weighted by Gasteiger charge is 2.08. The van der Waals surface area contributed by atoms with Crippen molar-refractivity contribution in [3.8, 4) is 0 Å². The fourth-order valence-corrected chi connectivity index (χ4v) is 1.67. The molecule has 3 heteroatoms. The SMILES string of the molecule is C=CCC(C)C(C)NCCCn1cccn1. The van der Waals surface area contributed by atoms with Gasteiger partial charge in [-0.3, -0.25) is 4.68 Å². The van der Waals surface area contributed by atoms with Crippen LogP contribution < -0.4 is 5.32 Å². The van der Waals surface area contributed by atoms with Crippen LogP contribution in [-0.4, -0.2) is 22.4 Å². The molecule has 2 atom stereocenters.